The Morgan fingerprint density at radius 2 is 2.00 bits per heavy atom. The van der Waals surface area contributed by atoms with Crippen LogP contribution < -0.4 is 5.32 Å². The van der Waals surface area contributed by atoms with Crippen LogP contribution in [-0.4, -0.2) is 15.1 Å². The van der Waals surface area contributed by atoms with E-state index in [2.05, 4.69) is 20.4 Å². The third-order valence-electron chi connectivity index (χ3n) is 2.78. The summed E-state index contributed by atoms with van der Waals surface area (Å²) in [4.78, 5) is 8.91. The number of fused-ring (bicyclic) bond motifs is 1. The molecule has 0 amide bonds. The molecule has 0 aliphatic heterocycles. The van der Waals surface area contributed by atoms with Crippen LogP contribution in [0.15, 0.2) is 41.1 Å². The molecule has 2 heterocycles. The van der Waals surface area contributed by atoms with Gasteiger partial charge in [0.2, 0.25) is 0 Å². The summed E-state index contributed by atoms with van der Waals surface area (Å²) in [6, 6.07) is 9.76. The van der Waals surface area contributed by atoms with E-state index in [0.717, 1.165) is 28.2 Å². The van der Waals surface area contributed by atoms with E-state index in [9.17, 15) is 0 Å². The molecule has 2 aromatic heterocycles. The van der Waals surface area contributed by atoms with E-state index in [0.29, 0.717) is 13.1 Å². The van der Waals surface area contributed by atoms with Crippen LogP contribution in [0.1, 0.15) is 17.1 Å². The summed E-state index contributed by atoms with van der Waals surface area (Å²) in [6.07, 6.45) is 1.79. The Balaban J connectivity index is 1.65. The molecule has 0 radical (unpaired) electrons. The van der Waals surface area contributed by atoms with Gasteiger partial charge in [0.25, 0.3) is 0 Å². The van der Waals surface area contributed by atoms with Gasteiger partial charge >= 0.3 is 0 Å². The number of nitrogens with zero attached hydrogens (tertiary/aromatic N) is 3. The van der Waals surface area contributed by atoms with E-state index in [4.69, 9.17) is 4.52 Å². The highest BCUT2D eigenvalue weighted by atomic mass is 16.5. The van der Waals surface area contributed by atoms with E-state index in [1.165, 1.54) is 0 Å². The maximum Gasteiger partial charge on any atom is 0.150 e. The van der Waals surface area contributed by atoms with Gasteiger partial charge in [-0.1, -0.05) is 17.3 Å². The molecule has 0 saturated heterocycles. The molecule has 0 aliphatic carbocycles. The molecule has 0 bridgehead atoms. The van der Waals surface area contributed by atoms with Gasteiger partial charge in [0.15, 0.2) is 5.76 Å². The monoisotopic (exact) mass is 254 g/mol. The zero-order valence-corrected chi connectivity index (χ0v) is 10.6. The van der Waals surface area contributed by atoms with E-state index >= 15 is 0 Å². The summed E-state index contributed by atoms with van der Waals surface area (Å²) in [7, 11) is 0. The van der Waals surface area contributed by atoms with E-state index < -0.39 is 0 Å². The van der Waals surface area contributed by atoms with E-state index in [-0.39, 0.29) is 0 Å². The van der Waals surface area contributed by atoms with Crippen molar-refractivity contribution in [3.05, 3.63) is 53.7 Å². The highest BCUT2D eigenvalue weighted by molar-refractivity contribution is 5.73. The van der Waals surface area contributed by atoms with Gasteiger partial charge in [0, 0.05) is 12.6 Å². The molecule has 1 aromatic carbocycles. The van der Waals surface area contributed by atoms with Crippen molar-refractivity contribution in [2.24, 2.45) is 0 Å². The lowest BCUT2D eigenvalue weighted by Crippen LogP contribution is -2.13. The predicted octanol–water partition coefficient (Wildman–Crippen LogP) is 2.22. The molecule has 0 saturated carbocycles. The zero-order valence-electron chi connectivity index (χ0n) is 10.6. The SMILES string of the molecule is Cc1cc(CNCc2cnc3ccccc3n2)on1. The van der Waals surface area contributed by atoms with Crippen LogP contribution in [0.5, 0.6) is 0 Å². The summed E-state index contributed by atoms with van der Waals surface area (Å²) >= 11 is 0. The maximum absolute atomic E-state index is 5.12. The van der Waals surface area contributed by atoms with Gasteiger partial charge in [-0.25, -0.2) is 4.98 Å². The first-order valence-corrected chi connectivity index (χ1v) is 6.15. The Morgan fingerprint density at radius 3 is 2.79 bits per heavy atom. The third-order valence-corrected chi connectivity index (χ3v) is 2.78. The molecule has 0 fully saturated rings. The second-order valence-corrected chi connectivity index (χ2v) is 4.39. The Kier molecular flexibility index (Phi) is 3.20. The van der Waals surface area contributed by atoms with Crippen LogP contribution >= 0.6 is 0 Å². The highest BCUT2D eigenvalue weighted by Crippen LogP contribution is 2.08. The largest absolute Gasteiger partial charge is 0.360 e. The number of benzene rings is 1. The Bertz CT molecular complexity index is 692. The second kappa shape index (κ2) is 5.16. The minimum Gasteiger partial charge on any atom is -0.360 e. The smallest absolute Gasteiger partial charge is 0.150 e. The number of hydrogen-bond acceptors (Lipinski definition) is 5. The molecule has 5 nitrogen and oxygen atoms in total. The number of hydrogen-bond donors (Lipinski definition) is 1. The van der Waals surface area contributed by atoms with Crippen molar-refractivity contribution in [3.63, 3.8) is 0 Å². The zero-order chi connectivity index (χ0) is 13.1. The summed E-state index contributed by atoms with van der Waals surface area (Å²) in [5, 5.41) is 7.10. The van der Waals surface area contributed by atoms with Gasteiger partial charge < -0.3 is 9.84 Å². The van der Waals surface area contributed by atoms with Crippen LogP contribution in [0.3, 0.4) is 0 Å². The number of aromatic nitrogens is 3. The quantitative estimate of drug-likeness (QED) is 0.773. The summed E-state index contributed by atoms with van der Waals surface area (Å²) in [5.41, 5.74) is 3.63. The van der Waals surface area contributed by atoms with E-state index in [1.807, 2.05) is 37.3 Å². The topological polar surface area (TPSA) is 63.8 Å². The lowest BCUT2D eigenvalue weighted by molar-refractivity contribution is 0.369. The van der Waals surface area contributed by atoms with Crippen molar-refractivity contribution in [1.29, 1.82) is 0 Å². The van der Waals surface area contributed by atoms with Gasteiger partial charge in [-0.3, -0.25) is 4.98 Å². The van der Waals surface area contributed by atoms with Crippen LogP contribution in [0.2, 0.25) is 0 Å². The minimum absolute atomic E-state index is 0.634. The fourth-order valence-corrected chi connectivity index (χ4v) is 1.89. The predicted molar refractivity (Wildman–Crippen MR) is 71.3 cm³/mol. The minimum atomic E-state index is 0.634. The third kappa shape index (κ3) is 2.77. The lowest BCUT2D eigenvalue weighted by Gasteiger charge is -2.03. The molecule has 0 unspecified atom stereocenters. The van der Waals surface area contributed by atoms with Crippen molar-refractivity contribution in [1.82, 2.24) is 20.4 Å². The molecular weight excluding hydrogens is 240 g/mol. The molecular formula is C14H14N4O. The van der Waals surface area contributed by atoms with Crippen LogP contribution in [-0.2, 0) is 13.1 Å². The average molecular weight is 254 g/mol. The van der Waals surface area contributed by atoms with Gasteiger partial charge in [0.1, 0.15) is 0 Å². The van der Waals surface area contributed by atoms with Crippen LogP contribution in [0, 0.1) is 6.92 Å². The molecule has 19 heavy (non-hydrogen) atoms. The molecule has 3 rings (SSSR count). The average Bonchev–Trinajstić information content (AvgIpc) is 2.84. The normalized spacial score (nSPS) is 11.0. The number of para-hydroxylation sites is 2. The van der Waals surface area contributed by atoms with Crippen molar-refractivity contribution in [2.45, 2.75) is 20.0 Å². The lowest BCUT2D eigenvalue weighted by atomic mass is 10.3. The first-order valence-electron chi connectivity index (χ1n) is 6.15. The molecule has 0 spiro atoms. The first-order chi connectivity index (χ1) is 9.31. The number of nitrogens with one attached hydrogen (secondary N) is 1. The first kappa shape index (κ1) is 11.8. The van der Waals surface area contributed by atoms with Crippen molar-refractivity contribution in [3.8, 4) is 0 Å². The van der Waals surface area contributed by atoms with Gasteiger partial charge in [-0.2, -0.15) is 0 Å². The van der Waals surface area contributed by atoms with Crippen molar-refractivity contribution >= 4 is 11.0 Å². The summed E-state index contributed by atoms with van der Waals surface area (Å²) in [5.74, 6) is 0.825. The number of aryl methyl sites for hydroxylation is 1. The van der Waals surface area contributed by atoms with Gasteiger partial charge in [0.05, 0.1) is 35.2 Å². The number of rotatable bonds is 4. The molecule has 0 atom stereocenters. The van der Waals surface area contributed by atoms with Crippen molar-refractivity contribution < 1.29 is 4.52 Å². The molecule has 3 aromatic rings. The fraction of sp³-hybridized carbons (Fsp3) is 0.214. The van der Waals surface area contributed by atoms with Crippen LogP contribution in [0.25, 0.3) is 11.0 Å². The molecule has 5 heteroatoms. The Morgan fingerprint density at radius 1 is 1.16 bits per heavy atom. The molecule has 96 valence electrons. The maximum atomic E-state index is 5.12. The van der Waals surface area contributed by atoms with Crippen LogP contribution in [0.4, 0.5) is 0 Å². The Labute approximate surface area is 110 Å². The standard InChI is InChI=1S/C14H14N4O/c1-10-6-12(19-18-10)9-15-7-11-8-16-13-4-2-3-5-14(13)17-11/h2-6,8,15H,7,9H2,1H3. The fourth-order valence-electron chi connectivity index (χ4n) is 1.89. The molecule has 1 N–H and O–H groups in total. The Hall–Kier alpha value is -2.27. The summed E-state index contributed by atoms with van der Waals surface area (Å²) < 4.78 is 5.12. The van der Waals surface area contributed by atoms with Gasteiger partial charge in [-0.15, -0.1) is 0 Å². The van der Waals surface area contributed by atoms with Crippen molar-refractivity contribution in [2.75, 3.05) is 0 Å². The highest BCUT2D eigenvalue weighted by Gasteiger charge is 2.02. The van der Waals surface area contributed by atoms with Gasteiger partial charge in [-0.05, 0) is 19.1 Å². The second-order valence-electron chi connectivity index (χ2n) is 4.39. The molecule has 0 aliphatic rings. The van der Waals surface area contributed by atoms with E-state index in [1.54, 1.807) is 6.20 Å². The summed E-state index contributed by atoms with van der Waals surface area (Å²) in [6.45, 7) is 3.19.